The summed E-state index contributed by atoms with van der Waals surface area (Å²) in [5.74, 6) is 1.07. The number of ketones is 1. The number of halogens is 3. The summed E-state index contributed by atoms with van der Waals surface area (Å²) < 4.78 is 64.1. The topological polar surface area (TPSA) is 150 Å². The highest BCUT2D eigenvalue weighted by Gasteiger charge is 2.42. The van der Waals surface area contributed by atoms with E-state index in [2.05, 4.69) is 20.3 Å². The lowest BCUT2D eigenvalue weighted by atomic mass is 10.0. The number of nitrogens with two attached hydrogens (primary N) is 1. The van der Waals surface area contributed by atoms with Crippen molar-refractivity contribution in [3.63, 3.8) is 0 Å². The monoisotopic (exact) mass is 754 g/mol. The van der Waals surface area contributed by atoms with Gasteiger partial charge in [-0.25, -0.2) is 22.6 Å². The number of carbonyl (C=O) groups excluding carboxylic acids is 2. The summed E-state index contributed by atoms with van der Waals surface area (Å²) >= 11 is 0. The number of alkyl carbamates (subject to hydrolysis) is 1. The number of alkyl halides is 2. The minimum Gasteiger partial charge on any atom is -0.485 e. The molecule has 1 saturated heterocycles. The highest BCUT2D eigenvalue weighted by atomic mass is 19.3. The predicted octanol–water partition coefficient (Wildman–Crippen LogP) is 7.78. The highest BCUT2D eigenvalue weighted by molar-refractivity contribution is 6.12. The fraction of sp³-hybridized carbons (Fsp3) is 0.275. The van der Waals surface area contributed by atoms with Gasteiger partial charge in [0.25, 0.3) is 6.43 Å². The van der Waals surface area contributed by atoms with Crippen molar-refractivity contribution in [2.75, 3.05) is 30.3 Å². The molecule has 0 spiro atoms. The average molecular weight is 755 g/mol. The van der Waals surface area contributed by atoms with Gasteiger partial charge in [-0.3, -0.25) is 4.79 Å². The number of furan rings is 1. The molecule has 2 unspecified atom stereocenters. The highest BCUT2D eigenvalue weighted by Crippen LogP contribution is 2.44. The summed E-state index contributed by atoms with van der Waals surface area (Å²) in [7, 11) is 0. The fourth-order valence-electron chi connectivity index (χ4n) is 7.59. The molecule has 284 valence electrons. The lowest BCUT2D eigenvalue weighted by molar-refractivity contribution is 0.0821. The first-order valence-corrected chi connectivity index (χ1v) is 17.8. The van der Waals surface area contributed by atoms with Crippen LogP contribution in [0.5, 0.6) is 17.2 Å². The van der Waals surface area contributed by atoms with Gasteiger partial charge in [-0.15, -0.1) is 0 Å². The van der Waals surface area contributed by atoms with Gasteiger partial charge in [-0.05, 0) is 97.8 Å². The fourth-order valence-corrected chi connectivity index (χ4v) is 7.59. The van der Waals surface area contributed by atoms with E-state index < -0.39 is 30.7 Å². The van der Waals surface area contributed by atoms with Crippen LogP contribution in [0.3, 0.4) is 0 Å². The normalized spacial score (nSPS) is 17.8. The Balaban J connectivity index is 0.976. The van der Waals surface area contributed by atoms with Crippen LogP contribution in [0.25, 0.3) is 16.6 Å². The second kappa shape index (κ2) is 14.8. The van der Waals surface area contributed by atoms with Crippen LogP contribution in [0.2, 0.25) is 0 Å². The standard InChI is InChI=1S/C40H37F3N6O6/c1-22-11-27(55-35-7-3-2-6-30(35)41)8-9-33(22)49-39(44)29(17-45-49)38(50)32-14-23-15-36(53-21-37(42)43)34(16-31(23)47-32)48-18-24-12-26(13-25(24)19-48)46-40(51)54-20-28-5-4-10-52-28/h2-11,14-17,24-26,37,47H,12-13,18-21,44H2,1H3,(H,46,51). The Morgan fingerprint density at radius 1 is 1.02 bits per heavy atom. The summed E-state index contributed by atoms with van der Waals surface area (Å²) in [6, 6.07) is 19.7. The first kappa shape index (κ1) is 35.6. The summed E-state index contributed by atoms with van der Waals surface area (Å²) in [4.78, 5) is 31.5. The number of hydrogen-bond acceptors (Lipinski definition) is 9. The van der Waals surface area contributed by atoms with Gasteiger partial charge in [0.2, 0.25) is 5.78 Å². The minimum atomic E-state index is -2.68. The zero-order valence-corrected chi connectivity index (χ0v) is 29.6. The van der Waals surface area contributed by atoms with Gasteiger partial charge < -0.3 is 39.6 Å². The second-order valence-corrected chi connectivity index (χ2v) is 13.9. The van der Waals surface area contributed by atoms with Gasteiger partial charge >= 0.3 is 6.09 Å². The maximum absolute atomic E-state index is 14.1. The van der Waals surface area contributed by atoms with E-state index >= 15 is 0 Å². The lowest BCUT2D eigenvalue weighted by Crippen LogP contribution is -2.35. The Labute approximate surface area is 312 Å². The van der Waals surface area contributed by atoms with Crippen molar-refractivity contribution in [1.82, 2.24) is 20.1 Å². The number of aryl methyl sites for hydroxylation is 1. The quantitative estimate of drug-likeness (QED) is 0.107. The first-order chi connectivity index (χ1) is 26.6. The van der Waals surface area contributed by atoms with Crippen LogP contribution in [0, 0.1) is 24.6 Å². The van der Waals surface area contributed by atoms with Gasteiger partial charge in [0.15, 0.2) is 18.2 Å². The third-order valence-electron chi connectivity index (χ3n) is 10.2. The summed E-state index contributed by atoms with van der Waals surface area (Å²) in [6.07, 6.45) is 1.21. The van der Waals surface area contributed by atoms with E-state index in [1.54, 1.807) is 54.6 Å². The number of ether oxygens (including phenoxy) is 3. The number of anilines is 2. The smallest absolute Gasteiger partial charge is 0.407 e. The van der Waals surface area contributed by atoms with E-state index in [1.165, 1.54) is 29.3 Å². The molecule has 12 nitrogen and oxygen atoms in total. The molecule has 1 aliphatic carbocycles. The van der Waals surface area contributed by atoms with Crippen molar-refractivity contribution in [3.05, 3.63) is 114 Å². The summed E-state index contributed by atoms with van der Waals surface area (Å²) in [6.45, 7) is 2.35. The number of benzene rings is 3. The van der Waals surface area contributed by atoms with Crippen molar-refractivity contribution in [3.8, 4) is 22.9 Å². The molecule has 4 heterocycles. The molecule has 2 atom stereocenters. The molecule has 15 heteroatoms. The van der Waals surface area contributed by atoms with Crippen molar-refractivity contribution < 1.29 is 41.4 Å². The number of hydrogen-bond donors (Lipinski definition) is 3. The molecular formula is C40H37F3N6O6. The Kier molecular flexibility index (Phi) is 9.59. The number of aromatic nitrogens is 3. The molecule has 1 saturated carbocycles. The number of H-pyrrole nitrogens is 1. The third-order valence-corrected chi connectivity index (χ3v) is 10.2. The summed E-state index contributed by atoms with van der Waals surface area (Å²) in [5.41, 5.74) is 9.45. The molecule has 4 N–H and O–H groups in total. The molecule has 55 heavy (non-hydrogen) atoms. The van der Waals surface area contributed by atoms with E-state index in [9.17, 15) is 22.8 Å². The predicted molar refractivity (Wildman–Crippen MR) is 197 cm³/mol. The molecule has 3 aromatic carbocycles. The molecule has 0 bridgehead atoms. The van der Waals surface area contributed by atoms with Crippen LogP contribution in [0.15, 0.2) is 89.7 Å². The van der Waals surface area contributed by atoms with Crippen LogP contribution < -0.4 is 25.4 Å². The minimum absolute atomic E-state index is 0.0458. The maximum Gasteiger partial charge on any atom is 0.407 e. The zero-order chi connectivity index (χ0) is 38.2. The van der Waals surface area contributed by atoms with E-state index in [0.717, 1.165) is 18.4 Å². The van der Waals surface area contributed by atoms with E-state index in [0.29, 0.717) is 46.9 Å². The molecule has 1 aliphatic heterocycles. The molecule has 2 fully saturated rings. The Morgan fingerprint density at radius 3 is 2.55 bits per heavy atom. The Bertz CT molecular complexity index is 2340. The number of nitrogen functional groups attached to an aromatic ring is 1. The number of rotatable bonds is 12. The van der Waals surface area contributed by atoms with Crippen LogP contribution in [-0.4, -0.2) is 58.8 Å². The number of carbonyl (C=O) groups is 2. The SMILES string of the molecule is Cc1cc(Oc2ccccc2F)ccc1-n1ncc(C(=O)c2cc3cc(OCC(F)F)c(N4CC5CC(NC(=O)OCc6ccco6)CC5C4)cc3[nH]2)c1N. The Morgan fingerprint density at radius 2 is 1.82 bits per heavy atom. The van der Waals surface area contributed by atoms with E-state index in [-0.39, 0.29) is 53.1 Å². The van der Waals surface area contributed by atoms with Crippen LogP contribution in [0.4, 0.5) is 29.5 Å². The van der Waals surface area contributed by atoms with Crippen LogP contribution in [-0.2, 0) is 11.3 Å². The number of nitrogens with zero attached hydrogens (tertiary/aromatic N) is 3. The molecule has 2 aliphatic rings. The van der Waals surface area contributed by atoms with Crippen LogP contribution >= 0.6 is 0 Å². The average Bonchev–Trinajstić information content (AvgIpc) is 4.00. The number of amides is 1. The molecule has 6 aromatic rings. The first-order valence-electron chi connectivity index (χ1n) is 17.8. The van der Waals surface area contributed by atoms with Crippen molar-refractivity contribution in [1.29, 1.82) is 0 Å². The number of aromatic amines is 1. The van der Waals surface area contributed by atoms with E-state index in [1.807, 2.05) is 13.0 Å². The van der Waals surface area contributed by atoms with Gasteiger partial charge in [-0.2, -0.15) is 5.10 Å². The van der Waals surface area contributed by atoms with Gasteiger partial charge in [0.1, 0.15) is 29.7 Å². The molecule has 8 rings (SSSR count). The third kappa shape index (κ3) is 7.41. The van der Waals surface area contributed by atoms with Crippen molar-refractivity contribution in [2.45, 2.75) is 38.8 Å². The molecule has 3 aromatic heterocycles. The van der Waals surface area contributed by atoms with Crippen LogP contribution in [0.1, 0.15) is 40.2 Å². The zero-order valence-electron chi connectivity index (χ0n) is 29.6. The second-order valence-electron chi connectivity index (χ2n) is 13.9. The largest absolute Gasteiger partial charge is 0.485 e. The van der Waals surface area contributed by atoms with E-state index in [4.69, 9.17) is 24.4 Å². The van der Waals surface area contributed by atoms with Gasteiger partial charge in [-0.1, -0.05) is 12.1 Å². The molecule has 0 radical (unpaired) electrons. The Hall–Kier alpha value is -6.38. The van der Waals surface area contributed by atoms with Gasteiger partial charge in [0, 0.05) is 30.0 Å². The number of fused-ring (bicyclic) bond motifs is 2. The van der Waals surface area contributed by atoms with Crippen molar-refractivity contribution in [2.24, 2.45) is 11.8 Å². The molecular weight excluding hydrogens is 717 g/mol. The summed E-state index contributed by atoms with van der Waals surface area (Å²) in [5, 5.41) is 7.94. The lowest BCUT2D eigenvalue weighted by Gasteiger charge is -2.24. The van der Waals surface area contributed by atoms with Gasteiger partial charge in [0.05, 0.1) is 35.1 Å². The number of para-hydroxylation sites is 1. The molecule has 1 amide bonds. The number of nitrogens with one attached hydrogen (secondary N) is 2. The maximum atomic E-state index is 14.1. The van der Waals surface area contributed by atoms with Crippen molar-refractivity contribution >= 4 is 34.3 Å².